The molecule has 0 saturated heterocycles. The number of allylic oxidation sites excluding steroid dienone is 1. The lowest BCUT2D eigenvalue weighted by atomic mass is 9.96. The number of furan rings is 1. The van der Waals surface area contributed by atoms with Gasteiger partial charge in [-0.15, -0.1) is 0 Å². The summed E-state index contributed by atoms with van der Waals surface area (Å²) in [7, 11) is 0. The van der Waals surface area contributed by atoms with Crippen LogP contribution >= 0.6 is 15.9 Å². The fraction of sp³-hybridized carbons (Fsp3) is 0.158. The molecule has 1 amide bonds. The van der Waals surface area contributed by atoms with Gasteiger partial charge >= 0.3 is 0 Å². The molecule has 1 aromatic carbocycles. The topological polar surface area (TPSA) is 70.8 Å². The van der Waals surface area contributed by atoms with Crippen LogP contribution in [0.4, 0.5) is 0 Å². The summed E-state index contributed by atoms with van der Waals surface area (Å²) in [4.78, 5) is 26.5. The zero-order chi connectivity index (χ0) is 18.0. The molecule has 1 N–H and O–H groups in total. The molecule has 5 nitrogen and oxygen atoms in total. The zero-order valence-corrected chi connectivity index (χ0v) is 15.1. The van der Waals surface area contributed by atoms with Gasteiger partial charge in [-0.3, -0.25) is 9.59 Å². The number of carbonyl (C=O) groups excluding carboxylic acids is 2. The Balaban J connectivity index is 2.01. The molecule has 2 heterocycles. The lowest BCUT2D eigenvalue weighted by molar-refractivity contribution is -0.129. The fourth-order valence-electron chi connectivity index (χ4n) is 2.89. The number of benzene rings is 1. The summed E-state index contributed by atoms with van der Waals surface area (Å²) in [5, 5.41) is 10.3. The first-order valence-electron chi connectivity index (χ1n) is 7.78. The first-order chi connectivity index (χ1) is 12.0. The van der Waals surface area contributed by atoms with Crippen LogP contribution in [0.25, 0.3) is 6.08 Å². The predicted molar refractivity (Wildman–Crippen MR) is 96.7 cm³/mol. The first-order valence-corrected chi connectivity index (χ1v) is 8.57. The Hall–Kier alpha value is -2.60. The molecule has 3 rings (SSSR count). The molecule has 2 aromatic rings. The van der Waals surface area contributed by atoms with Crippen molar-refractivity contribution in [2.75, 3.05) is 6.54 Å². The van der Waals surface area contributed by atoms with E-state index in [1.54, 1.807) is 12.1 Å². The van der Waals surface area contributed by atoms with Crippen molar-refractivity contribution in [3.63, 3.8) is 0 Å². The molecule has 6 heteroatoms. The number of nitrogens with zero attached hydrogens (tertiary/aromatic N) is 1. The van der Waals surface area contributed by atoms with Crippen LogP contribution in [0.15, 0.2) is 69.0 Å². The summed E-state index contributed by atoms with van der Waals surface area (Å²) >= 11 is 3.40. The molecular formula is C19H16BrNO4. The highest BCUT2D eigenvalue weighted by molar-refractivity contribution is 9.10. The van der Waals surface area contributed by atoms with Gasteiger partial charge in [-0.25, -0.2) is 0 Å². The van der Waals surface area contributed by atoms with Crippen molar-refractivity contribution >= 4 is 33.7 Å². The molecule has 0 aliphatic carbocycles. The van der Waals surface area contributed by atoms with E-state index in [9.17, 15) is 14.7 Å². The van der Waals surface area contributed by atoms with E-state index in [4.69, 9.17) is 4.42 Å². The third-order valence-corrected chi connectivity index (χ3v) is 4.51. The second-order valence-corrected chi connectivity index (χ2v) is 6.44. The first kappa shape index (κ1) is 17.2. The maximum atomic E-state index is 12.7. The van der Waals surface area contributed by atoms with Crippen LogP contribution in [0.3, 0.4) is 0 Å². The van der Waals surface area contributed by atoms with Crippen LogP contribution in [0.2, 0.25) is 0 Å². The van der Waals surface area contributed by atoms with Crippen LogP contribution in [-0.2, 0) is 9.59 Å². The number of likely N-dealkylation sites (N-methyl/N-ethyl adjacent to an activating group) is 1. The molecule has 128 valence electrons. The second-order valence-electron chi connectivity index (χ2n) is 5.52. The molecule has 25 heavy (non-hydrogen) atoms. The minimum Gasteiger partial charge on any atom is -0.503 e. The van der Waals surface area contributed by atoms with Crippen molar-refractivity contribution < 1.29 is 19.1 Å². The Morgan fingerprint density at radius 1 is 1.36 bits per heavy atom. The van der Waals surface area contributed by atoms with Gasteiger partial charge in [0.1, 0.15) is 5.76 Å². The van der Waals surface area contributed by atoms with Crippen LogP contribution in [-0.4, -0.2) is 28.2 Å². The van der Waals surface area contributed by atoms with E-state index in [2.05, 4.69) is 15.9 Å². The van der Waals surface area contributed by atoms with E-state index in [0.717, 1.165) is 10.0 Å². The van der Waals surface area contributed by atoms with Crippen molar-refractivity contribution in [3.8, 4) is 0 Å². The summed E-state index contributed by atoms with van der Waals surface area (Å²) in [5.41, 5.74) is 0.830. The van der Waals surface area contributed by atoms with Gasteiger partial charge in [0.15, 0.2) is 11.5 Å². The maximum absolute atomic E-state index is 12.7. The normalized spacial score (nSPS) is 17.8. The van der Waals surface area contributed by atoms with E-state index in [1.807, 2.05) is 31.2 Å². The van der Waals surface area contributed by atoms with Crippen LogP contribution in [0, 0.1) is 0 Å². The molecule has 1 aromatic heterocycles. The third kappa shape index (κ3) is 3.30. The molecular weight excluding hydrogens is 386 g/mol. The number of hydrogen-bond donors (Lipinski definition) is 1. The molecule has 0 bridgehead atoms. The highest BCUT2D eigenvalue weighted by atomic mass is 79.9. The molecule has 0 spiro atoms. The van der Waals surface area contributed by atoms with E-state index >= 15 is 0 Å². The molecule has 1 atom stereocenters. The minimum atomic E-state index is -0.622. The minimum absolute atomic E-state index is 0.0766. The molecule has 1 unspecified atom stereocenters. The van der Waals surface area contributed by atoms with E-state index in [0.29, 0.717) is 12.3 Å². The quantitative estimate of drug-likeness (QED) is 0.767. The molecule has 0 fully saturated rings. The lowest BCUT2D eigenvalue weighted by Gasteiger charge is -2.25. The van der Waals surface area contributed by atoms with Gasteiger partial charge in [0, 0.05) is 11.0 Å². The second kappa shape index (κ2) is 7.11. The van der Waals surface area contributed by atoms with Crippen molar-refractivity contribution in [2.45, 2.75) is 13.0 Å². The van der Waals surface area contributed by atoms with Crippen molar-refractivity contribution in [1.82, 2.24) is 4.90 Å². The molecule has 0 radical (unpaired) electrons. The number of aliphatic hydroxyl groups is 1. The van der Waals surface area contributed by atoms with Crippen LogP contribution in [0.5, 0.6) is 0 Å². The monoisotopic (exact) mass is 401 g/mol. The summed E-state index contributed by atoms with van der Waals surface area (Å²) in [6, 6.07) is 10.1. The van der Waals surface area contributed by atoms with Gasteiger partial charge in [-0.2, -0.15) is 0 Å². The smallest absolute Gasteiger partial charge is 0.290 e. The highest BCUT2D eigenvalue weighted by Gasteiger charge is 2.42. The lowest BCUT2D eigenvalue weighted by Crippen LogP contribution is -2.30. The predicted octanol–water partition coefficient (Wildman–Crippen LogP) is 4.04. The van der Waals surface area contributed by atoms with Gasteiger partial charge in [-0.1, -0.05) is 28.1 Å². The highest BCUT2D eigenvalue weighted by Crippen LogP contribution is 2.38. The number of ketones is 1. The summed E-state index contributed by atoms with van der Waals surface area (Å²) < 4.78 is 5.99. The Bertz CT molecular complexity index is 867. The fourth-order valence-corrected chi connectivity index (χ4v) is 3.31. The van der Waals surface area contributed by atoms with Gasteiger partial charge in [-0.05, 0) is 48.9 Å². The van der Waals surface area contributed by atoms with Gasteiger partial charge in [0.05, 0.1) is 17.9 Å². The number of amides is 1. The van der Waals surface area contributed by atoms with Crippen molar-refractivity contribution in [1.29, 1.82) is 0 Å². The van der Waals surface area contributed by atoms with E-state index < -0.39 is 23.5 Å². The summed E-state index contributed by atoms with van der Waals surface area (Å²) in [6.45, 7) is 2.18. The summed E-state index contributed by atoms with van der Waals surface area (Å²) in [5.74, 6) is -0.949. The number of halogens is 1. The molecule has 1 aliphatic heterocycles. The average molecular weight is 402 g/mol. The Kier molecular flexibility index (Phi) is 4.90. The van der Waals surface area contributed by atoms with Crippen molar-refractivity contribution in [2.24, 2.45) is 0 Å². The molecule has 1 aliphatic rings. The zero-order valence-electron chi connectivity index (χ0n) is 13.5. The van der Waals surface area contributed by atoms with E-state index in [1.165, 1.54) is 23.3 Å². The van der Waals surface area contributed by atoms with Crippen LogP contribution < -0.4 is 0 Å². The van der Waals surface area contributed by atoms with Crippen LogP contribution in [0.1, 0.15) is 24.3 Å². The van der Waals surface area contributed by atoms with Gasteiger partial charge in [0.2, 0.25) is 0 Å². The maximum Gasteiger partial charge on any atom is 0.290 e. The SMILES string of the molecule is CCN1C(=O)C(O)=C(C(=O)/C=C/c2ccco2)C1c1cccc(Br)c1. The standard InChI is InChI=1S/C19H16BrNO4/c1-2-21-17(12-5-3-6-13(20)11-12)16(18(23)19(21)24)15(22)9-8-14-7-4-10-25-14/h3-11,17,23H,2H2,1H3/b9-8+. The Morgan fingerprint density at radius 2 is 2.16 bits per heavy atom. The van der Waals surface area contributed by atoms with Gasteiger partial charge < -0.3 is 14.4 Å². The number of aliphatic hydroxyl groups excluding tert-OH is 1. The van der Waals surface area contributed by atoms with Crippen molar-refractivity contribution in [3.05, 3.63) is 75.9 Å². The molecule has 0 saturated carbocycles. The number of carbonyl (C=O) groups is 2. The third-order valence-electron chi connectivity index (χ3n) is 4.02. The number of rotatable bonds is 5. The average Bonchev–Trinajstić information content (AvgIpc) is 3.20. The Labute approximate surface area is 153 Å². The number of hydrogen-bond acceptors (Lipinski definition) is 4. The van der Waals surface area contributed by atoms with Gasteiger partial charge in [0.25, 0.3) is 5.91 Å². The Morgan fingerprint density at radius 3 is 2.80 bits per heavy atom. The summed E-state index contributed by atoms with van der Waals surface area (Å²) in [6.07, 6.45) is 4.32. The van der Waals surface area contributed by atoms with E-state index in [-0.39, 0.29) is 5.57 Å². The largest absolute Gasteiger partial charge is 0.503 e.